The third kappa shape index (κ3) is 3.33. The van der Waals surface area contributed by atoms with Gasteiger partial charge in [0.05, 0.1) is 17.0 Å². The molecule has 4 rings (SSSR count). The Bertz CT molecular complexity index is 1070. The van der Waals surface area contributed by atoms with Gasteiger partial charge < -0.3 is 15.0 Å². The summed E-state index contributed by atoms with van der Waals surface area (Å²) < 4.78 is 5.37. The summed E-state index contributed by atoms with van der Waals surface area (Å²) in [7, 11) is 0. The first-order valence-corrected chi connectivity index (χ1v) is 9.39. The number of nitrogens with one attached hydrogen (secondary N) is 2. The lowest BCUT2D eigenvalue weighted by Crippen LogP contribution is -2.24. The van der Waals surface area contributed by atoms with Gasteiger partial charge in [0, 0.05) is 27.6 Å². The van der Waals surface area contributed by atoms with Crippen molar-refractivity contribution in [1.82, 2.24) is 4.98 Å². The monoisotopic (exact) mass is 380 g/mol. The zero-order valence-electron chi connectivity index (χ0n) is 14.4. The van der Waals surface area contributed by atoms with Crippen LogP contribution in [0.25, 0.3) is 10.9 Å². The van der Waals surface area contributed by atoms with E-state index >= 15 is 0 Å². The van der Waals surface area contributed by atoms with Gasteiger partial charge in [-0.1, -0.05) is 18.2 Å². The van der Waals surface area contributed by atoms with Crippen molar-refractivity contribution in [2.75, 3.05) is 11.1 Å². The van der Waals surface area contributed by atoms with E-state index < -0.39 is 12.1 Å². The van der Waals surface area contributed by atoms with Crippen LogP contribution in [-0.4, -0.2) is 34.5 Å². The molecule has 2 heterocycles. The van der Waals surface area contributed by atoms with E-state index in [4.69, 9.17) is 4.74 Å². The van der Waals surface area contributed by atoms with Crippen LogP contribution in [0.2, 0.25) is 0 Å². The Morgan fingerprint density at radius 1 is 1.19 bits per heavy atom. The molecule has 2 N–H and O–H groups in total. The summed E-state index contributed by atoms with van der Waals surface area (Å²) >= 11 is 1.41. The fraction of sp³-hybridized carbons (Fsp3) is 0.150. The number of benzene rings is 2. The molecule has 2 aromatic carbocycles. The second-order valence-electron chi connectivity index (χ2n) is 6.21. The highest BCUT2D eigenvalue weighted by molar-refractivity contribution is 8.00. The fourth-order valence-corrected chi connectivity index (χ4v) is 3.78. The zero-order chi connectivity index (χ0) is 19.0. The van der Waals surface area contributed by atoms with E-state index in [0.717, 1.165) is 15.8 Å². The summed E-state index contributed by atoms with van der Waals surface area (Å²) in [6.45, 7) is 1.55. The van der Waals surface area contributed by atoms with Crippen molar-refractivity contribution in [2.45, 2.75) is 17.9 Å². The van der Waals surface area contributed by atoms with Crippen molar-refractivity contribution >= 4 is 46.0 Å². The largest absolute Gasteiger partial charge is 0.451 e. The molecule has 1 aromatic heterocycles. The maximum absolute atomic E-state index is 12.7. The van der Waals surface area contributed by atoms with Gasteiger partial charge >= 0.3 is 5.97 Å². The maximum atomic E-state index is 12.7. The number of H-pyrrole nitrogens is 1. The van der Waals surface area contributed by atoms with Crippen LogP contribution in [0.1, 0.15) is 27.6 Å². The molecule has 6 nitrogen and oxygen atoms in total. The highest BCUT2D eigenvalue weighted by Gasteiger charge is 2.24. The van der Waals surface area contributed by atoms with Crippen LogP contribution in [0.5, 0.6) is 0 Å². The molecule has 0 aliphatic carbocycles. The van der Waals surface area contributed by atoms with E-state index in [0.29, 0.717) is 17.0 Å². The van der Waals surface area contributed by atoms with Gasteiger partial charge in [-0.15, -0.1) is 11.8 Å². The third-order valence-corrected chi connectivity index (χ3v) is 5.43. The summed E-state index contributed by atoms with van der Waals surface area (Å²) in [5.41, 5.74) is 2.21. The third-order valence-electron chi connectivity index (χ3n) is 4.36. The van der Waals surface area contributed by atoms with E-state index in [1.165, 1.54) is 11.8 Å². The number of para-hydroxylation sites is 1. The summed E-state index contributed by atoms with van der Waals surface area (Å²) in [5, 5.41) is 3.53. The van der Waals surface area contributed by atoms with Gasteiger partial charge in [-0.25, -0.2) is 4.79 Å². The Morgan fingerprint density at radius 2 is 2.00 bits per heavy atom. The average molecular weight is 380 g/mol. The number of hydrogen-bond donors (Lipinski definition) is 2. The van der Waals surface area contributed by atoms with Gasteiger partial charge in [0.15, 0.2) is 6.10 Å². The van der Waals surface area contributed by atoms with Crippen molar-refractivity contribution in [2.24, 2.45) is 0 Å². The Kier molecular flexibility index (Phi) is 4.45. The van der Waals surface area contributed by atoms with Gasteiger partial charge in [0.25, 0.3) is 0 Å². The minimum atomic E-state index is -0.934. The molecule has 0 spiro atoms. The second-order valence-corrected chi connectivity index (χ2v) is 7.22. The smallest absolute Gasteiger partial charge is 0.338 e. The molecular formula is C20H16N2O4S. The molecule has 0 bridgehead atoms. The highest BCUT2D eigenvalue weighted by atomic mass is 32.2. The maximum Gasteiger partial charge on any atom is 0.338 e. The number of aromatic amines is 1. The molecule has 1 aliphatic heterocycles. The van der Waals surface area contributed by atoms with Crippen LogP contribution < -0.4 is 5.32 Å². The number of hydrogen-bond acceptors (Lipinski definition) is 5. The number of aromatic nitrogens is 1. The summed E-state index contributed by atoms with van der Waals surface area (Å²) in [6, 6.07) is 12.4. The Hall–Kier alpha value is -3.06. The second kappa shape index (κ2) is 6.92. The fourth-order valence-electron chi connectivity index (χ4n) is 2.99. The molecule has 3 aromatic rings. The number of Topliss-reactive ketones (excluding diaryl/α,β-unsaturated/α-hetero) is 1. The van der Waals surface area contributed by atoms with Crippen molar-refractivity contribution < 1.29 is 19.1 Å². The van der Waals surface area contributed by atoms with Crippen LogP contribution in [-0.2, 0) is 9.53 Å². The molecule has 0 radical (unpaired) electrons. The van der Waals surface area contributed by atoms with Crippen LogP contribution in [0.15, 0.2) is 53.6 Å². The molecule has 0 fully saturated rings. The number of anilines is 1. The van der Waals surface area contributed by atoms with Crippen molar-refractivity contribution in [3.05, 3.63) is 59.8 Å². The molecule has 0 saturated carbocycles. The van der Waals surface area contributed by atoms with Gasteiger partial charge in [-0.2, -0.15) is 0 Å². The number of ketones is 1. The molecule has 27 heavy (non-hydrogen) atoms. The minimum Gasteiger partial charge on any atom is -0.451 e. The van der Waals surface area contributed by atoms with E-state index in [9.17, 15) is 14.4 Å². The van der Waals surface area contributed by atoms with Crippen molar-refractivity contribution in [3.63, 3.8) is 0 Å². The van der Waals surface area contributed by atoms with Gasteiger partial charge in [-0.05, 0) is 31.2 Å². The number of carbonyl (C=O) groups excluding carboxylic acids is 3. The first kappa shape index (κ1) is 17.4. The van der Waals surface area contributed by atoms with Crippen molar-refractivity contribution in [1.29, 1.82) is 0 Å². The summed E-state index contributed by atoms with van der Waals surface area (Å²) in [6.07, 6.45) is 0.694. The average Bonchev–Trinajstić information content (AvgIpc) is 3.10. The van der Waals surface area contributed by atoms with Gasteiger partial charge in [0.2, 0.25) is 11.7 Å². The molecule has 7 heteroatoms. The Morgan fingerprint density at radius 3 is 2.85 bits per heavy atom. The molecule has 136 valence electrons. The topological polar surface area (TPSA) is 88.3 Å². The van der Waals surface area contributed by atoms with Crippen LogP contribution in [0.3, 0.4) is 0 Å². The van der Waals surface area contributed by atoms with Crippen molar-refractivity contribution in [3.8, 4) is 0 Å². The van der Waals surface area contributed by atoms with Crippen LogP contribution in [0, 0.1) is 0 Å². The number of esters is 1. The van der Waals surface area contributed by atoms with E-state index in [2.05, 4.69) is 10.3 Å². The van der Waals surface area contributed by atoms with E-state index in [1.807, 2.05) is 24.3 Å². The predicted octanol–water partition coefficient (Wildman–Crippen LogP) is 3.64. The Labute approximate surface area is 159 Å². The number of ether oxygens (including phenoxy) is 1. The predicted molar refractivity (Wildman–Crippen MR) is 103 cm³/mol. The van der Waals surface area contributed by atoms with E-state index in [1.54, 1.807) is 31.3 Å². The lowest BCUT2D eigenvalue weighted by Gasteiger charge is -2.17. The quantitative estimate of drug-likeness (QED) is 0.533. The minimum absolute atomic E-state index is 0.110. The standard InChI is InChI=1S/C20H16N2O4S/c1-11(19(24)14-9-21-15-5-3-2-4-13(14)15)26-20(25)12-6-7-17-16(8-12)22-18(23)10-27-17/h2-9,11,21H,10H2,1H3,(H,22,23). The Balaban J connectivity index is 1.51. The first-order valence-electron chi connectivity index (χ1n) is 8.41. The molecule has 0 saturated heterocycles. The highest BCUT2D eigenvalue weighted by Crippen LogP contribution is 2.32. The van der Waals surface area contributed by atoms with Gasteiger partial charge in [0.1, 0.15) is 0 Å². The number of thioether (sulfide) groups is 1. The molecule has 1 unspecified atom stereocenters. The number of rotatable bonds is 4. The molecule has 1 amide bonds. The number of fused-ring (bicyclic) bond motifs is 2. The number of carbonyl (C=O) groups is 3. The van der Waals surface area contributed by atoms with Gasteiger partial charge in [-0.3, -0.25) is 9.59 Å². The lowest BCUT2D eigenvalue weighted by atomic mass is 10.1. The number of amides is 1. The summed E-state index contributed by atoms with van der Waals surface area (Å²) in [5.74, 6) is -0.640. The normalized spacial score (nSPS) is 14.3. The van der Waals surface area contributed by atoms with Crippen LogP contribution in [0.4, 0.5) is 5.69 Å². The zero-order valence-corrected chi connectivity index (χ0v) is 15.3. The first-order chi connectivity index (χ1) is 13.0. The molecule has 1 atom stereocenters. The molecular weight excluding hydrogens is 364 g/mol. The SMILES string of the molecule is CC(OC(=O)c1ccc2c(c1)NC(=O)CS2)C(=O)c1c[nH]c2ccccc12. The van der Waals surface area contributed by atoms with E-state index in [-0.39, 0.29) is 17.3 Å². The lowest BCUT2D eigenvalue weighted by molar-refractivity contribution is -0.113. The van der Waals surface area contributed by atoms with Crippen LogP contribution >= 0.6 is 11.8 Å². The summed E-state index contributed by atoms with van der Waals surface area (Å²) in [4.78, 5) is 40.6. The molecule has 1 aliphatic rings.